The maximum absolute atomic E-state index is 8.75. The second-order valence-corrected chi connectivity index (χ2v) is 4.35. The number of benzene rings is 2. The Morgan fingerprint density at radius 2 is 1.95 bits per heavy atom. The summed E-state index contributed by atoms with van der Waals surface area (Å²) < 4.78 is 5.46. The molecule has 3 N–H and O–H groups in total. The second kappa shape index (κ2) is 6.48. The minimum atomic E-state index is 0.587. The van der Waals surface area contributed by atoms with Crippen LogP contribution in [0.5, 0.6) is 5.75 Å². The standard InChI is InChI=1S/C16H17N3O/c1-2-20-16-9-14(7-8-15(16)18)19-11-13-5-3-12(10-17)4-6-13/h3-9,19H,2,11,18H2,1H3. The molecule has 0 bridgehead atoms. The Morgan fingerprint density at radius 1 is 1.20 bits per heavy atom. The summed E-state index contributed by atoms with van der Waals surface area (Å²) in [7, 11) is 0. The number of nitrogens with one attached hydrogen (secondary N) is 1. The van der Waals surface area contributed by atoms with Crippen LogP contribution in [0, 0.1) is 11.3 Å². The summed E-state index contributed by atoms with van der Waals surface area (Å²) in [5, 5.41) is 12.1. The minimum absolute atomic E-state index is 0.587. The van der Waals surface area contributed by atoms with Crippen molar-refractivity contribution in [2.45, 2.75) is 13.5 Å². The van der Waals surface area contributed by atoms with E-state index in [0.29, 0.717) is 30.2 Å². The third-order valence-corrected chi connectivity index (χ3v) is 2.89. The monoisotopic (exact) mass is 267 g/mol. The lowest BCUT2D eigenvalue weighted by Gasteiger charge is -2.11. The van der Waals surface area contributed by atoms with E-state index in [-0.39, 0.29) is 0 Å². The van der Waals surface area contributed by atoms with Crippen LogP contribution in [-0.4, -0.2) is 6.61 Å². The molecule has 0 atom stereocenters. The Bertz CT molecular complexity index is 615. The molecule has 0 aromatic heterocycles. The summed E-state index contributed by atoms with van der Waals surface area (Å²) in [5.41, 5.74) is 9.19. The fourth-order valence-electron chi connectivity index (χ4n) is 1.83. The normalized spacial score (nSPS) is 9.80. The molecule has 2 rings (SSSR count). The van der Waals surface area contributed by atoms with Gasteiger partial charge in [-0.2, -0.15) is 5.26 Å². The largest absolute Gasteiger partial charge is 0.492 e. The minimum Gasteiger partial charge on any atom is -0.492 e. The molecule has 0 unspecified atom stereocenters. The number of anilines is 2. The van der Waals surface area contributed by atoms with Gasteiger partial charge in [-0.15, -0.1) is 0 Å². The van der Waals surface area contributed by atoms with Crippen molar-refractivity contribution in [3.05, 3.63) is 53.6 Å². The smallest absolute Gasteiger partial charge is 0.144 e. The fourth-order valence-corrected chi connectivity index (χ4v) is 1.83. The van der Waals surface area contributed by atoms with Gasteiger partial charge in [-0.25, -0.2) is 0 Å². The molecule has 0 aliphatic heterocycles. The summed E-state index contributed by atoms with van der Waals surface area (Å²) in [6.07, 6.45) is 0. The van der Waals surface area contributed by atoms with Crippen molar-refractivity contribution in [3.63, 3.8) is 0 Å². The maximum Gasteiger partial charge on any atom is 0.144 e. The lowest BCUT2D eigenvalue weighted by molar-refractivity contribution is 0.342. The van der Waals surface area contributed by atoms with E-state index in [1.54, 1.807) is 0 Å². The van der Waals surface area contributed by atoms with E-state index in [1.807, 2.05) is 49.4 Å². The zero-order valence-electron chi connectivity index (χ0n) is 11.4. The quantitative estimate of drug-likeness (QED) is 0.816. The third-order valence-electron chi connectivity index (χ3n) is 2.89. The van der Waals surface area contributed by atoms with E-state index in [0.717, 1.165) is 11.3 Å². The van der Waals surface area contributed by atoms with Gasteiger partial charge in [0.15, 0.2) is 0 Å². The first kappa shape index (κ1) is 13.8. The Labute approximate surface area is 118 Å². The number of nitrogen functional groups attached to an aromatic ring is 1. The van der Waals surface area contributed by atoms with E-state index >= 15 is 0 Å². The van der Waals surface area contributed by atoms with Gasteiger partial charge in [0.2, 0.25) is 0 Å². The van der Waals surface area contributed by atoms with Crippen LogP contribution >= 0.6 is 0 Å². The SMILES string of the molecule is CCOc1cc(NCc2ccc(C#N)cc2)ccc1N. The van der Waals surface area contributed by atoms with Gasteiger partial charge in [-0.3, -0.25) is 0 Å². The number of nitrogens with two attached hydrogens (primary N) is 1. The highest BCUT2D eigenvalue weighted by Crippen LogP contribution is 2.25. The highest BCUT2D eigenvalue weighted by atomic mass is 16.5. The van der Waals surface area contributed by atoms with Crippen LogP contribution in [-0.2, 0) is 6.54 Å². The number of nitrogens with zero attached hydrogens (tertiary/aromatic N) is 1. The maximum atomic E-state index is 8.75. The van der Waals surface area contributed by atoms with E-state index in [2.05, 4.69) is 11.4 Å². The molecule has 0 fully saturated rings. The molecule has 4 nitrogen and oxygen atoms in total. The van der Waals surface area contributed by atoms with E-state index < -0.39 is 0 Å². The van der Waals surface area contributed by atoms with Gasteiger partial charge in [0.05, 0.1) is 23.9 Å². The van der Waals surface area contributed by atoms with Crippen LogP contribution in [0.4, 0.5) is 11.4 Å². The molecule has 0 aliphatic carbocycles. The van der Waals surface area contributed by atoms with Crippen LogP contribution in [0.25, 0.3) is 0 Å². The number of ether oxygens (including phenoxy) is 1. The van der Waals surface area contributed by atoms with Crippen molar-refractivity contribution in [1.29, 1.82) is 5.26 Å². The molecule has 0 spiro atoms. The summed E-state index contributed by atoms with van der Waals surface area (Å²) in [4.78, 5) is 0. The Balaban J connectivity index is 2.03. The summed E-state index contributed by atoms with van der Waals surface area (Å²) >= 11 is 0. The third kappa shape index (κ3) is 3.42. The molecule has 0 aliphatic rings. The first-order chi connectivity index (χ1) is 9.72. The Kier molecular flexibility index (Phi) is 4.46. The van der Waals surface area contributed by atoms with Gasteiger partial charge in [0, 0.05) is 18.3 Å². The lowest BCUT2D eigenvalue weighted by Crippen LogP contribution is -2.02. The van der Waals surface area contributed by atoms with Crippen molar-refractivity contribution in [3.8, 4) is 11.8 Å². The summed E-state index contributed by atoms with van der Waals surface area (Å²) in [6.45, 7) is 3.20. The fraction of sp³-hybridized carbons (Fsp3) is 0.188. The molecule has 4 heteroatoms. The van der Waals surface area contributed by atoms with Crippen molar-refractivity contribution in [2.24, 2.45) is 0 Å². The van der Waals surface area contributed by atoms with Crippen LogP contribution in [0.1, 0.15) is 18.1 Å². The zero-order chi connectivity index (χ0) is 14.4. The predicted octanol–water partition coefficient (Wildman–Crippen LogP) is 3.15. The van der Waals surface area contributed by atoms with Crippen molar-refractivity contribution in [1.82, 2.24) is 0 Å². The van der Waals surface area contributed by atoms with Crippen LogP contribution in [0.15, 0.2) is 42.5 Å². The number of nitriles is 1. The molecule has 0 amide bonds. The zero-order valence-corrected chi connectivity index (χ0v) is 11.4. The predicted molar refractivity (Wildman–Crippen MR) is 80.5 cm³/mol. The molecule has 102 valence electrons. The van der Waals surface area contributed by atoms with E-state index in [1.165, 1.54) is 0 Å². The van der Waals surface area contributed by atoms with Crippen molar-refractivity contribution >= 4 is 11.4 Å². The first-order valence-corrected chi connectivity index (χ1v) is 6.48. The van der Waals surface area contributed by atoms with Crippen molar-refractivity contribution in [2.75, 3.05) is 17.7 Å². The van der Waals surface area contributed by atoms with Crippen molar-refractivity contribution < 1.29 is 4.74 Å². The highest BCUT2D eigenvalue weighted by molar-refractivity contribution is 5.61. The average Bonchev–Trinajstić information content (AvgIpc) is 2.49. The van der Waals surface area contributed by atoms with E-state index in [9.17, 15) is 0 Å². The number of hydrogen-bond acceptors (Lipinski definition) is 4. The highest BCUT2D eigenvalue weighted by Gasteiger charge is 2.02. The van der Waals surface area contributed by atoms with Gasteiger partial charge in [-0.05, 0) is 36.8 Å². The van der Waals surface area contributed by atoms with Crippen LogP contribution < -0.4 is 15.8 Å². The number of hydrogen-bond donors (Lipinski definition) is 2. The van der Waals surface area contributed by atoms with Gasteiger partial charge in [-0.1, -0.05) is 12.1 Å². The molecule has 2 aromatic carbocycles. The Hall–Kier alpha value is -2.67. The first-order valence-electron chi connectivity index (χ1n) is 6.48. The van der Waals surface area contributed by atoms with Gasteiger partial charge >= 0.3 is 0 Å². The molecular formula is C16H17N3O. The molecule has 0 saturated carbocycles. The van der Waals surface area contributed by atoms with Crippen LogP contribution in [0.2, 0.25) is 0 Å². The van der Waals surface area contributed by atoms with Gasteiger partial charge < -0.3 is 15.8 Å². The molecular weight excluding hydrogens is 250 g/mol. The molecule has 0 radical (unpaired) electrons. The molecule has 0 heterocycles. The van der Waals surface area contributed by atoms with E-state index in [4.69, 9.17) is 15.7 Å². The van der Waals surface area contributed by atoms with Gasteiger partial charge in [0.1, 0.15) is 5.75 Å². The number of rotatable bonds is 5. The summed E-state index contributed by atoms with van der Waals surface area (Å²) in [6, 6.07) is 15.2. The topological polar surface area (TPSA) is 71.1 Å². The summed E-state index contributed by atoms with van der Waals surface area (Å²) in [5.74, 6) is 0.692. The Morgan fingerprint density at radius 3 is 2.60 bits per heavy atom. The van der Waals surface area contributed by atoms with Gasteiger partial charge in [0.25, 0.3) is 0 Å². The lowest BCUT2D eigenvalue weighted by atomic mass is 10.1. The van der Waals surface area contributed by atoms with Crippen LogP contribution in [0.3, 0.4) is 0 Å². The average molecular weight is 267 g/mol. The second-order valence-electron chi connectivity index (χ2n) is 4.35. The molecule has 2 aromatic rings. The molecule has 0 saturated heterocycles. The molecule has 20 heavy (non-hydrogen) atoms.